The normalized spacial score (nSPS) is 24.9. The molecule has 1 aliphatic heterocycles. The molecule has 0 saturated carbocycles. The summed E-state index contributed by atoms with van der Waals surface area (Å²) in [6.07, 6.45) is 1.47. The van der Waals surface area contributed by atoms with Crippen molar-refractivity contribution < 1.29 is 31.2 Å². The van der Waals surface area contributed by atoms with Crippen molar-refractivity contribution in [3.8, 4) is 0 Å². The molecule has 0 spiro atoms. The summed E-state index contributed by atoms with van der Waals surface area (Å²) in [7, 11) is -7.02. The number of hydrogen-bond acceptors (Lipinski definition) is 6. The highest BCUT2D eigenvalue weighted by atomic mass is 32.2. The highest BCUT2D eigenvalue weighted by Gasteiger charge is 2.57. The zero-order valence-electron chi connectivity index (χ0n) is 10.2. The summed E-state index contributed by atoms with van der Waals surface area (Å²) in [6, 6.07) is 0. The van der Waals surface area contributed by atoms with Crippen molar-refractivity contribution in [3.05, 3.63) is 25.3 Å². The van der Waals surface area contributed by atoms with Crippen LogP contribution < -0.4 is 0 Å². The van der Waals surface area contributed by atoms with Gasteiger partial charge < -0.3 is 9.47 Å². The minimum atomic E-state index is -3.55. The van der Waals surface area contributed by atoms with Crippen LogP contribution in [0.5, 0.6) is 0 Å². The van der Waals surface area contributed by atoms with E-state index in [0.29, 0.717) is 0 Å². The quantitative estimate of drug-likeness (QED) is 0.384. The van der Waals surface area contributed by atoms with Gasteiger partial charge in [0.15, 0.2) is 15.9 Å². The molecule has 0 aliphatic carbocycles. The Morgan fingerprint density at radius 3 is 2.26 bits per heavy atom. The molecule has 6 nitrogen and oxygen atoms in total. The number of halogens is 1. The van der Waals surface area contributed by atoms with Crippen molar-refractivity contribution in [1.29, 1.82) is 0 Å². The fourth-order valence-electron chi connectivity index (χ4n) is 1.74. The van der Waals surface area contributed by atoms with Gasteiger partial charge in [0.1, 0.15) is 5.75 Å². The van der Waals surface area contributed by atoms with Crippen molar-refractivity contribution in [2.24, 2.45) is 0 Å². The first-order chi connectivity index (χ1) is 8.85. The van der Waals surface area contributed by atoms with Gasteiger partial charge >= 0.3 is 8.34 Å². The third-order valence-electron chi connectivity index (χ3n) is 2.42. The third kappa shape index (κ3) is 4.43. The summed E-state index contributed by atoms with van der Waals surface area (Å²) in [5, 5.41) is 0. The van der Waals surface area contributed by atoms with E-state index >= 15 is 0 Å². The van der Waals surface area contributed by atoms with Gasteiger partial charge in [-0.2, -0.15) is 0 Å². The molecule has 108 valence electrons. The van der Waals surface area contributed by atoms with Crippen LogP contribution in [0.25, 0.3) is 0 Å². The van der Waals surface area contributed by atoms with Crippen LogP contribution in [0.1, 0.15) is 0 Å². The van der Waals surface area contributed by atoms with Crippen LogP contribution in [-0.2, 0) is 28.4 Å². The molecule has 0 amide bonds. The molecule has 1 fully saturated rings. The van der Waals surface area contributed by atoms with Gasteiger partial charge in [0.05, 0.1) is 23.2 Å². The zero-order chi connectivity index (χ0) is 14.5. The first-order valence-corrected chi connectivity index (χ1v) is 8.24. The Morgan fingerprint density at radius 2 is 1.84 bits per heavy atom. The van der Waals surface area contributed by atoms with Gasteiger partial charge in [0, 0.05) is 4.57 Å². The molecule has 1 rings (SSSR count). The van der Waals surface area contributed by atoms with E-state index in [4.69, 9.17) is 9.47 Å². The highest BCUT2D eigenvalue weighted by Crippen LogP contribution is 2.38. The highest BCUT2D eigenvalue weighted by molar-refractivity contribution is 7.91. The lowest BCUT2D eigenvalue weighted by atomic mass is 10.2. The van der Waals surface area contributed by atoms with E-state index in [1.165, 1.54) is 12.2 Å². The Morgan fingerprint density at radius 1 is 1.32 bits per heavy atom. The zero-order valence-corrected chi connectivity index (χ0v) is 11.9. The van der Waals surface area contributed by atoms with Crippen LogP contribution in [0.4, 0.5) is 4.20 Å². The van der Waals surface area contributed by atoms with Crippen LogP contribution in [-0.4, -0.2) is 45.0 Å². The molecule has 0 aromatic rings. The van der Waals surface area contributed by atoms with Gasteiger partial charge in [-0.3, -0.25) is 0 Å². The van der Waals surface area contributed by atoms with Crippen molar-refractivity contribution in [2.75, 3.05) is 24.7 Å². The predicted molar refractivity (Wildman–Crippen MR) is 67.3 cm³/mol. The van der Waals surface area contributed by atoms with Crippen LogP contribution in [0.3, 0.4) is 0 Å². The molecule has 0 aromatic carbocycles. The van der Waals surface area contributed by atoms with Gasteiger partial charge in [0.2, 0.25) is 5.79 Å². The largest absolute Gasteiger partial charge is 0.746 e. The van der Waals surface area contributed by atoms with Gasteiger partial charge in [-0.25, -0.2) is 8.42 Å². The SMILES string of the molecule is C=CCOC1(OCC=C)CS(=O)(=O)CC1O[P+](=O)F. The lowest BCUT2D eigenvalue weighted by molar-refractivity contribution is -0.244. The van der Waals surface area contributed by atoms with Crippen molar-refractivity contribution in [2.45, 2.75) is 11.9 Å². The van der Waals surface area contributed by atoms with E-state index in [1.54, 1.807) is 0 Å². The fraction of sp³-hybridized carbons (Fsp3) is 0.600. The van der Waals surface area contributed by atoms with Gasteiger partial charge in [-0.1, -0.05) is 12.2 Å². The lowest BCUT2D eigenvalue weighted by Gasteiger charge is -2.30. The summed E-state index contributed by atoms with van der Waals surface area (Å²) < 4.78 is 61.5. The van der Waals surface area contributed by atoms with Crippen LogP contribution in [0, 0.1) is 0 Å². The van der Waals surface area contributed by atoms with Crippen LogP contribution in [0.15, 0.2) is 25.3 Å². The standard InChI is InChI=1S/C10H15FO6PS/c1-3-5-15-10(16-6-4-2)8-19(13,14)7-9(10)17-18(11)12/h3-4,9H,1-2,5-8H2/q+1. The minimum absolute atomic E-state index is 0.0183. The predicted octanol–water partition coefficient (Wildman–Crippen LogP) is 1.53. The maximum absolute atomic E-state index is 12.5. The van der Waals surface area contributed by atoms with Crippen LogP contribution in [0.2, 0.25) is 0 Å². The van der Waals surface area contributed by atoms with Crippen molar-refractivity contribution in [1.82, 2.24) is 0 Å². The monoisotopic (exact) mass is 313 g/mol. The maximum Gasteiger partial charge on any atom is 0.746 e. The average molecular weight is 313 g/mol. The maximum atomic E-state index is 12.5. The molecule has 19 heavy (non-hydrogen) atoms. The molecule has 0 radical (unpaired) electrons. The van der Waals surface area contributed by atoms with E-state index in [1.807, 2.05) is 0 Å². The molecule has 1 heterocycles. The Balaban J connectivity index is 3.02. The van der Waals surface area contributed by atoms with E-state index in [0.717, 1.165) is 0 Å². The number of rotatable bonds is 8. The van der Waals surface area contributed by atoms with Gasteiger partial charge in [-0.15, -0.1) is 17.7 Å². The van der Waals surface area contributed by atoms with E-state index in [-0.39, 0.29) is 13.2 Å². The Labute approximate surface area is 112 Å². The Hall–Kier alpha value is -0.660. The molecule has 0 bridgehead atoms. The molecule has 0 N–H and O–H groups in total. The molecule has 2 atom stereocenters. The van der Waals surface area contributed by atoms with E-state index < -0.39 is 41.6 Å². The molecule has 1 saturated heterocycles. The topological polar surface area (TPSA) is 78.9 Å². The Kier molecular flexibility index (Phi) is 5.76. The summed E-state index contributed by atoms with van der Waals surface area (Å²) in [6.45, 7) is 6.83. The molecule has 9 heteroatoms. The van der Waals surface area contributed by atoms with Crippen molar-refractivity contribution >= 4 is 18.2 Å². The van der Waals surface area contributed by atoms with Gasteiger partial charge in [0.25, 0.3) is 0 Å². The smallest absolute Gasteiger partial charge is 0.342 e. The second-order valence-corrected chi connectivity index (χ2v) is 6.62. The second-order valence-electron chi connectivity index (χ2n) is 3.87. The second kappa shape index (κ2) is 6.67. The molecular weight excluding hydrogens is 298 g/mol. The fourth-order valence-corrected chi connectivity index (χ4v) is 4.14. The summed E-state index contributed by atoms with van der Waals surface area (Å²) in [5.74, 6) is -2.72. The van der Waals surface area contributed by atoms with Crippen molar-refractivity contribution in [3.63, 3.8) is 0 Å². The molecule has 1 aliphatic rings. The summed E-state index contributed by atoms with van der Waals surface area (Å²) in [4.78, 5) is 0. The summed E-state index contributed by atoms with van der Waals surface area (Å²) >= 11 is 0. The average Bonchev–Trinajstić information content (AvgIpc) is 2.55. The van der Waals surface area contributed by atoms with Crippen LogP contribution >= 0.6 is 8.34 Å². The minimum Gasteiger partial charge on any atom is -0.342 e. The van der Waals surface area contributed by atoms with Gasteiger partial charge in [-0.05, 0) is 0 Å². The third-order valence-corrected chi connectivity index (χ3v) is 4.49. The Bertz CT molecular complexity index is 451. The van der Waals surface area contributed by atoms with E-state index in [9.17, 15) is 17.2 Å². The van der Waals surface area contributed by atoms with E-state index in [2.05, 4.69) is 17.7 Å². The number of ether oxygens (including phenoxy) is 2. The number of sulfone groups is 1. The number of hydrogen-bond donors (Lipinski definition) is 0. The molecule has 2 unspecified atom stereocenters. The molecular formula is C10H15FO6PS+. The first kappa shape index (κ1) is 16.4. The lowest BCUT2D eigenvalue weighted by Crippen LogP contribution is -2.47. The molecule has 0 aromatic heterocycles. The first-order valence-electron chi connectivity index (χ1n) is 5.35. The summed E-state index contributed by atoms with van der Waals surface area (Å²) in [5.41, 5.74) is 0.